The number of aliphatic hydroxyl groups is 1. The average Bonchev–Trinajstić information content (AvgIpc) is 3.13. The molecule has 4 aliphatic carbocycles. The van der Waals surface area contributed by atoms with E-state index in [0.717, 1.165) is 30.1 Å². The lowest BCUT2D eigenvalue weighted by Crippen LogP contribution is -2.63. The van der Waals surface area contributed by atoms with E-state index in [1.165, 1.54) is 64.9 Å². The highest BCUT2D eigenvalue weighted by molar-refractivity contribution is 5.13. The highest BCUT2D eigenvalue weighted by Crippen LogP contribution is 2.69. The van der Waals surface area contributed by atoms with Crippen LogP contribution in [-0.4, -0.2) is 38.0 Å². The summed E-state index contributed by atoms with van der Waals surface area (Å²) in [5.74, 6) is 2.64. The molecule has 0 heterocycles. The lowest BCUT2D eigenvalue weighted by molar-refractivity contribution is -0.318. The van der Waals surface area contributed by atoms with Crippen molar-refractivity contribution >= 4 is 0 Å². The number of fused-ring (bicyclic) bond motifs is 5. The van der Waals surface area contributed by atoms with Crippen molar-refractivity contribution in [3.05, 3.63) is 12.2 Å². The molecule has 4 rings (SSSR count). The fourth-order valence-electron chi connectivity index (χ4n) is 8.72. The van der Waals surface area contributed by atoms with E-state index in [-0.39, 0.29) is 5.79 Å². The minimum atomic E-state index is -0.958. The first kappa shape index (κ1) is 27.2. The van der Waals surface area contributed by atoms with Crippen molar-refractivity contribution in [1.29, 1.82) is 0 Å². The Morgan fingerprint density at radius 3 is 2.12 bits per heavy atom. The first-order chi connectivity index (χ1) is 15.5. The van der Waals surface area contributed by atoms with Gasteiger partial charge in [-0.2, -0.15) is 0 Å². The molecule has 192 valence electrons. The van der Waals surface area contributed by atoms with Crippen LogP contribution in [-0.2, 0) is 14.2 Å². The molecule has 33 heavy (non-hydrogen) atoms. The van der Waals surface area contributed by atoms with Gasteiger partial charge in [-0.25, -0.2) is 0 Å². The molecular weight excluding hydrogens is 412 g/mol. The van der Waals surface area contributed by atoms with Gasteiger partial charge in [0.1, 0.15) is 0 Å². The van der Waals surface area contributed by atoms with Crippen LogP contribution >= 0.6 is 0 Å². The van der Waals surface area contributed by atoms with E-state index in [4.69, 9.17) is 14.6 Å². The maximum Gasteiger partial charge on any atom is 0.171 e. The Kier molecular flexibility index (Phi) is 8.47. The van der Waals surface area contributed by atoms with Crippen molar-refractivity contribution in [2.24, 2.45) is 40.4 Å². The van der Waals surface area contributed by atoms with Gasteiger partial charge in [0.2, 0.25) is 0 Å². The van der Waals surface area contributed by atoms with Gasteiger partial charge in [0, 0.05) is 33.7 Å². The van der Waals surface area contributed by atoms with Crippen LogP contribution in [0.25, 0.3) is 0 Å². The van der Waals surface area contributed by atoms with E-state index < -0.39 is 5.79 Å². The van der Waals surface area contributed by atoms with Crippen molar-refractivity contribution in [2.75, 3.05) is 21.3 Å². The van der Waals surface area contributed by atoms with Crippen molar-refractivity contribution < 1.29 is 19.3 Å². The fraction of sp³-hybridized carbons (Fsp3) is 0.931. The van der Waals surface area contributed by atoms with Gasteiger partial charge in [-0.05, 0) is 100 Å². The molecule has 0 bridgehead atoms. The van der Waals surface area contributed by atoms with Gasteiger partial charge in [0.15, 0.2) is 11.6 Å². The van der Waals surface area contributed by atoms with Crippen molar-refractivity contribution in [2.45, 2.75) is 110 Å². The standard InChI is InChI=1S/C25H42O2.C4H10O2/c1-6-7-10-18-12-13-20-19-17-25(26-4,27-5)22-11-8-9-15-24(22,3)21(19)14-16-23(18,20)2;1-4(2,5)6-3/h6-7,18-22H,8-17H2,1-5H3;5H,1-3H3/b7-6+;. The minimum absolute atomic E-state index is 0.351. The quantitative estimate of drug-likeness (QED) is 0.353. The van der Waals surface area contributed by atoms with Crippen LogP contribution < -0.4 is 0 Å². The molecule has 0 aliphatic heterocycles. The minimum Gasteiger partial charge on any atom is -0.366 e. The summed E-state index contributed by atoms with van der Waals surface area (Å²) >= 11 is 0. The summed E-state index contributed by atoms with van der Waals surface area (Å²) < 4.78 is 17.0. The van der Waals surface area contributed by atoms with Gasteiger partial charge in [-0.1, -0.05) is 38.8 Å². The average molecular weight is 465 g/mol. The second kappa shape index (κ2) is 10.3. The van der Waals surface area contributed by atoms with Gasteiger partial charge in [-0.15, -0.1) is 0 Å². The van der Waals surface area contributed by atoms with Crippen LogP contribution in [0.2, 0.25) is 0 Å². The molecule has 4 saturated carbocycles. The number of hydrogen-bond donors (Lipinski definition) is 1. The maximum absolute atomic E-state index is 8.60. The maximum atomic E-state index is 8.60. The van der Waals surface area contributed by atoms with Crippen molar-refractivity contribution in [3.63, 3.8) is 0 Å². The topological polar surface area (TPSA) is 47.9 Å². The zero-order valence-corrected chi connectivity index (χ0v) is 22.8. The van der Waals surface area contributed by atoms with Crippen molar-refractivity contribution in [1.82, 2.24) is 0 Å². The van der Waals surface area contributed by atoms with Gasteiger partial charge in [0.05, 0.1) is 0 Å². The van der Waals surface area contributed by atoms with Crippen molar-refractivity contribution in [3.8, 4) is 0 Å². The van der Waals surface area contributed by atoms with Crippen LogP contribution in [0.4, 0.5) is 0 Å². The Hall–Kier alpha value is -0.420. The van der Waals surface area contributed by atoms with E-state index in [0.29, 0.717) is 16.7 Å². The van der Waals surface area contributed by atoms with Crippen LogP contribution in [0.1, 0.15) is 98.8 Å². The monoisotopic (exact) mass is 464 g/mol. The molecule has 7 atom stereocenters. The molecule has 0 spiro atoms. The third kappa shape index (κ3) is 4.97. The number of methoxy groups -OCH3 is 3. The Labute approximate surface area is 203 Å². The van der Waals surface area contributed by atoms with Gasteiger partial charge in [0.25, 0.3) is 0 Å². The van der Waals surface area contributed by atoms with Crippen LogP contribution in [0.15, 0.2) is 12.2 Å². The molecule has 0 aromatic carbocycles. The van der Waals surface area contributed by atoms with E-state index in [9.17, 15) is 0 Å². The van der Waals surface area contributed by atoms with Gasteiger partial charge >= 0.3 is 0 Å². The summed E-state index contributed by atoms with van der Waals surface area (Å²) in [4.78, 5) is 0. The SMILES string of the molecule is C/C=C/CC1CCC2C3CC(OC)(OC)C4CCCCC4(C)C3CCC12C.COC(C)(C)O. The molecule has 7 unspecified atom stereocenters. The normalized spacial score (nSPS) is 42.2. The molecule has 0 aromatic heterocycles. The van der Waals surface area contributed by atoms with Gasteiger partial charge in [-0.3, -0.25) is 0 Å². The highest BCUT2D eigenvalue weighted by Gasteiger charge is 2.65. The lowest BCUT2D eigenvalue weighted by atomic mass is 9.43. The number of allylic oxidation sites excluding steroid dienone is 2. The zero-order chi connectivity index (χ0) is 24.5. The zero-order valence-electron chi connectivity index (χ0n) is 22.8. The summed E-state index contributed by atoms with van der Waals surface area (Å²) in [6.45, 7) is 10.6. The third-order valence-corrected chi connectivity index (χ3v) is 10.6. The van der Waals surface area contributed by atoms with E-state index in [2.05, 4.69) is 37.7 Å². The highest BCUT2D eigenvalue weighted by atomic mass is 16.7. The number of rotatable bonds is 5. The molecule has 0 radical (unpaired) electrons. The fourth-order valence-corrected chi connectivity index (χ4v) is 8.72. The summed E-state index contributed by atoms with van der Waals surface area (Å²) in [5, 5.41) is 8.60. The Balaban J connectivity index is 0.000000454. The first-order valence-electron chi connectivity index (χ1n) is 13.5. The molecule has 0 amide bonds. The molecule has 4 nitrogen and oxygen atoms in total. The Bertz CT molecular complexity index is 663. The Morgan fingerprint density at radius 2 is 1.55 bits per heavy atom. The second-order valence-electron chi connectivity index (χ2n) is 12.4. The third-order valence-electron chi connectivity index (χ3n) is 10.6. The van der Waals surface area contributed by atoms with E-state index in [1.54, 1.807) is 13.8 Å². The molecule has 4 heteroatoms. The molecule has 0 saturated heterocycles. The smallest absolute Gasteiger partial charge is 0.171 e. The summed E-state index contributed by atoms with van der Waals surface area (Å²) in [7, 11) is 5.27. The lowest BCUT2D eigenvalue weighted by Gasteiger charge is -2.65. The van der Waals surface area contributed by atoms with Crippen LogP contribution in [0, 0.1) is 40.4 Å². The molecule has 1 N–H and O–H groups in total. The number of hydrogen-bond acceptors (Lipinski definition) is 4. The van der Waals surface area contributed by atoms with Crippen LogP contribution in [0.5, 0.6) is 0 Å². The summed E-state index contributed by atoms with van der Waals surface area (Å²) in [6, 6.07) is 0. The first-order valence-corrected chi connectivity index (χ1v) is 13.5. The molecule has 0 aromatic rings. The van der Waals surface area contributed by atoms with E-state index in [1.807, 2.05) is 14.2 Å². The van der Waals surface area contributed by atoms with E-state index >= 15 is 0 Å². The molecule has 4 fully saturated rings. The largest absolute Gasteiger partial charge is 0.366 e. The number of ether oxygens (including phenoxy) is 3. The predicted molar refractivity (Wildman–Crippen MR) is 135 cm³/mol. The summed E-state index contributed by atoms with van der Waals surface area (Å²) in [5.41, 5.74) is 0.918. The summed E-state index contributed by atoms with van der Waals surface area (Å²) in [6.07, 6.45) is 18.2. The van der Waals surface area contributed by atoms with Gasteiger partial charge < -0.3 is 19.3 Å². The second-order valence-corrected chi connectivity index (χ2v) is 12.4. The molecule has 4 aliphatic rings. The predicted octanol–water partition coefficient (Wildman–Crippen LogP) is 6.96. The Morgan fingerprint density at radius 1 is 0.909 bits per heavy atom. The van der Waals surface area contributed by atoms with Crippen LogP contribution in [0.3, 0.4) is 0 Å². The molecular formula is C29H52O4.